The van der Waals surface area contributed by atoms with Gasteiger partial charge in [0.25, 0.3) is 0 Å². The van der Waals surface area contributed by atoms with Crippen molar-refractivity contribution in [3.63, 3.8) is 0 Å². The third-order valence-electron chi connectivity index (χ3n) is 3.77. The second kappa shape index (κ2) is 7.21. The van der Waals surface area contributed by atoms with Crippen molar-refractivity contribution in [2.24, 2.45) is 0 Å². The number of aromatic hydroxyl groups is 1. The molecule has 1 aromatic heterocycles. The van der Waals surface area contributed by atoms with E-state index in [0.29, 0.717) is 23.6 Å². The zero-order valence-electron chi connectivity index (χ0n) is 13.9. The van der Waals surface area contributed by atoms with Gasteiger partial charge in [-0.1, -0.05) is 19.8 Å². The van der Waals surface area contributed by atoms with Crippen molar-refractivity contribution in [3.8, 4) is 22.9 Å². The first-order chi connectivity index (χ1) is 11.7. The fourth-order valence-electron chi connectivity index (χ4n) is 2.43. The number of benzene rings is 2. The summed E-state index contributed by atoms with van der Waals surface area (Å²) < 4.78 is 10.8. The molecule has 0 spiro atoms. The first-order valence-electron chi connectivity index (χ1n) is 8.08. The van der Waals surface area contributed by atoms with E-state index in [1.54, 1.807) is 25.3 Å². The molecule has 0 unspecified atom stereocenters. The average Bonchev–Trinajstić information content (AvgIpc) is 3.01. The summed E-state index contributed by atoms with van der Waals surface area (Å²) in [6, 6.07) is 10.6. The number of unbranched alkanes of at least 4 members (excludes halogenated alkanes) is 2. The second-order valence-corrected chi connectivity index (χ2v) is 5.55. The van der Waals surface area contributed by atoms with Gasteiger partial charge in [0, 0.05) is 12.1 Å². The third-order valence-corrected chi connectivity index (χ3v) is 3.77. The van der Waals surface area contributed by atoms with Crippen molar-refractivity contribution in [1.29, 1.82) is 0 Å². The number of ether oxygens (including phenoxy) is 2. The Labute approximate surface area is 140 Å². The number of rotatable bonds is 7. The SMILES string of the molecule is CCCCCOc1ccc(-n2nc3ccc(OC)cc3n2)c(O)c1. The van der Waals surface area contributed by atoms with Gasteiger partial charge in [0.05, 0.1) is 13.7 Å². The summed E-state index contributed by atoms with van der Waals surface area (Å²) in [5.41, 5.74) is 1.94. The Balaban J connectivity index is 1.81. The summed E-state index contributed by atoms with van der Waals surface area (Å²) in [5, 5.41) is 19.0. The third kappa shape index (κ3) is 3.42. The molecule has 0 radical (unpaired) electrons. The van der Waals surface area contributed by atoms with Crippen LogP contribution in [0.25, 0.3) is 16.7 Å². The number of hydrogen-bond donors (Lipinski definition) is 1. The summed E-state index contributed by atoms with van der Waals surface area (Å²) in [6.45, 7) is 2.80. The first kappa shape index (κ1) is 16.1. The van der Waals surface area contributed by atoms with E-state index >= 15 is 0 Å². The molecular weight excluding hydrogens is 306 g/mol. The van der Waals surface area contributed by atoms with Crippen LogP contribution in [0.5, 0.6) is 17.2 Å². The van der Waals surface area contributed by atoms with Gasteiger partial charge in [-0.05, 0) is 30.7 Å². The lowest BCUT2D eigenvalue weighted by atomic mass is 10.2. The van der Waals surface area contributed by atoms with Crippen LogP contribution < -0.4 is 9.47 Å². The largest absolute Gasteiger partial charge is 0.505 e. The van der Waals surface area contributed by atoms with E-state index in [1.807, 2.05) is 18.2 Å². The molecular formula is C18H21N3O3. The van der Waals surface area contributed by atoms with Gasteiger partial charge in [-0.25, -0.2) is 0 Å². The van der Waals surface area contributed by atoms with Gasteiger partial charge in [-0.3, -0.25) is 0 Å². The van der Waals surface area contributed by atoms with Gasteiger partial charge in [-0.15, -0.1) is 15.0 Å². The van der Waals surface area contributed by atoms with Crippen LogP contribution in [0.3, 0.4) is 0 Å². The van der Waals surface area contributed by atoms with E-state index < -0.39 is 0 Å². The molecule has 0 aliphatic heterocycles. The minimum absolute atomic E-state index is 0.0789. The maximum Gasteiger partial charge on any atom is 0.146 e. The number of phenolic OH excluding ortho intramolecular Hbond substituents is 1. The minimum Gasteiger partial charge on any atom is -0.505 e. The summed E-state index contributed by atoms with van der Waals surface area (Å²) in [7, 11) is 1.61. The first-order valence-corrected chi connectivity index (χ1v) is 8.08. The molecule has 1 heterocycles. The quantitative estimate of drug-likeness (QED) is 0.670. The monoisotopic (exact) mass is 327 g/mol. The zero-order chi connectivity index (χ0) is 16.9. The molecule has 0 saturated carbocycles. The highest BCUT2D eigenvalue weighted by Gasteiger charge is 2.10. The molecule has 1 N–H and O–H groups in total. The van der Waals surface area contributed by atoms with Gasteiger partial charge >= 0.3 is 0 Å². The van der Waals surface area contributed by atoms with E-state index in [2.05, 4.69) is 17.1 Å². The lowest BCUT2D eigenvalue weighted by Crippen LogP contribution is -2.01. The molecule has 2 aromatic carbocycles. The van der Waals surface area contributed by atoms with Crippen LogP contribution >= 0.6 is 0 Å². The molecule has 0 aliphatic carbocycles. The van der Waals surface area contributed by atoms with Gasteiger partial charge in [0.2, 0.25) is 0 Å². The smallest absolute Gasteiger partial charge is 0.146 e. The highest BCUT2D eigenvalue weighted by Crippen LogP contribution is 2.27. The average molecular weight is 327 g/mol. The Bertz CT molecular complexity index is 829. The van der Waals surface area contributed by atoms with Gasteiger partial charge in [0.1, 0.15) is 34.0 Å². The molecule has 126 valence electrons. The van der Waals surface area contributed by atoms with Crippen LogP contribution in [0.2, 0.25) is 0 Å². The maximum atomic E-state index is 10.3. The van der Waals surface area contributed by atoms with Crippen molar-refractivity contribution in [1.82, 2.24) is 15.0 Å². The normalized spacial score (nSPS) is 10.9. The number of fused-ring (bicyclic) bond motifs is 1. The Hall–Kier alpha value is -2.76. The van der Waals surface area contributed by atoms with Crippen LogP contribution in [0, 0.1) is 0 Å². The van der Waals surface area contributed by atoms with Crippen LogP contribution in [0.4, 0.5) is 0 Å². The van der Waals surface area contributed by atoms with Crippen molar-refractivity contribution >= 4 is 11.0 Å². The second-order valence-electron chi connectivity index (χ2n) is 5.55. The standard InChI is InChI=1S/C18H21N3O3/c1-3-4-5-10-24-14-7-9-17(18(22)12-14)21-19-15-8-6-13(23-2)11-16(15)20-21/h6-9,11-12,22H,3-5,10H2,1-2H3. The van der Waals surface area contributed by atoms with Gasteiger partial charge in [0.15, 0.2) is 0 Å². The number of hydrogen-bond acceptors (Lipinski definition) is 5. The van der Waals surface area contributed by atoms with E-state index in [1.165, 1.54) is 4.80 Å². The summed E-state index contributed by atoms with van der Waals surface area (Å²) in [6.07, 6.45) is 3.29. The van der Waals surface area contributed by atoms with Crippen molar-refractivity contribution in [2.75, 3.05) is 13.7 Å². The molecule has 0 aliphatic rings. The molecule has 6 nitrogen and oxygen atoms in total. The van der Waals surface area contributed by atoms with E-state index in [0.717, 1.165) is 30.5 Å². The Morgan fingerprint density at radius 1 is 1.00 bits per heavy atom. The number of phenols is 1. The van der Waals surface area contributed by atoms with E-state index in [-0.39, 0.29) is 5.75 Å². The highest BCUT2D eigenvalue weighted by molar-refractivity contribution is 5.75. The van der Waals surface area contributed by atoms with Crippen molar-refractivity contribution in [3.05, 3.63) is 36.4 Å². The summed E-state index contributed by atoms with van der Waals surface area (Å²) in [4.78, 5) is 1.42. The minimum atomic E-state index is 0.0789. The summed E-state index contributed by atoms with van der Waals surface area (Å²) >= 11 is 0. The topological polar surface area (TPSA) is 69.4 Å². The lowest BCUT2D eigenvalue weighted by Gasteiger charge is -2.08. The Morgan fingerprint density at radius 3 is 2.54 bits per heavy atom. The molecule has 3 aromatic rings. The van der Waals surface area contributed by atoms with Crippen LogP contribution in [0.15, 0.2) is 36.4 Å². The van der Waals surface area contributed by atoms with E-state index in [4.69, 9.17) is 9.47 Å². The van der Waals surface area contributed by atoms with Crippen LogP contribution in [-0.4, -0.2) is 33.8 Å². The van der Waals surface area contributed by atoms with E-state index in [9.17, 15) is 5.11 Å². The lowest BCUT2D eigenvalue weighted by molar-refractivity contribution is 0.304. The van der Waals surface area contributed by atoms with Gasteiger partial charge in [-0.2, -0.15) is 0 Å². The number of aromatic nitrogens is 3. The Morgan fingerprint density at radius 2 is 1.79 bits per heavy atom. The molecule has 3 rings (SSSR count). The molecule has 0 amide bonds. The predicted octanol–water partition coefficient (Wildman–Crippen LogP) is 3.70. The molecule has 24 heavy (non-hydrogen) atoms. The van der Waals surface area contributed by atoms with Crippen LogP contribution in [0.1, 0.15) is 26.2 Å². The Kier molecular flexibility index (Phi) is 4.84. The maximum absolute atomic E-state index is 10.3. The predicted molar refractivity (Wildman–Crippen MR) is 92.1 cm³/mol. The molecule has 0 fully saturated rings. The fraction of sp³-hybridized carbons (Fsp3) is 0.333. The number of nitrogens with zero attached hydrogens (tertiary/aromatic N) is 3. The summed E-state index contributed by atoms with van der Waals surface area (Å²) in [5.74, 6) is 1.44. The fourth-order valence-corrected chi connectivity index (χ4v) is 2.43. The molecule has 0 bridgehead atoms. The highest BCUT2D eigenvalue weighted by atomic mass is 16.5. The molecule has 0 atom stereocenters. The molecule has 0 saturated heterocycles. The molecule has 6 heteroatoms. The zero-order valence-corrected chi connectivity index (χ0v) is 13.9. The number of methoxy groups -OCH3 is 1. The van der Waals surface area contributed by atoms with Crippen molar-refractivity contribution in [2.45, 2.75) is 26.2 Å². The van der Waals surface area contributed by atoms with Crippen LogP contribution in [-0.2, 0) is 0 Å². The van der Waals surface area contributed by atoms with Gasteiger partial charge < -0.3 is 14.6 Å². The van der Waals surface area contributed by atoms with Crippen molar-refractivity contribution < 1.29 is 14.6 Å².